The largest absolute Gasteiger partial charge is 0.480 e. The highest BCUT2D eigenvalue weighted by atomic mass is 31.2. The summed E-state index contributed by atoms with van der Waals surface area (Å²) >= 11 is 0. The smallest absolute Gasteiger partial charge is 0.472 e. The maximum atomic E-state index is 12.1. The lowest BCUT2D eigenvalue weighted by molar-refractivity contribution is -0.147. The van der Waals surface area contributed by atoms with Crippen molar-refractivity contribution < 1.29 is 47.8 Å². The number of nitrogens with one attached hydrogen (secondary N) is 1. The molecule has 0 heterocycles. The maximum absolute atomic E-state index is 12.1. The number of ether oxygens (including phenoxy) is 1. The molecule has 0 saturated carbocycles. The van der Waals surface area contributed by atoms with Crippen molar-refractivity contribution in [1.82, 2.24) is 5.32 Å². The van der Waals surface area contributed by atoms with Gasteiger partial charge in [0.05, 0.1) is 13.2 Å². The normalized spacial score (nSPS) is 14.3. The Morgan fingerprint density at radius 3 is 1.73 bits per heavy atom. The number of esters is 1. The van der Waals surface area contributed by atoms with Gasteiger partial charge in [-0.15, -0.1) is 0 Å². The van der Waals surface area contributed by atoms with Crippen molar-refractivity contribution in [3.63, 3.8) is 0 Å². The minimum absolute atomic E-state index is 0.142. The molecule has 3 atom stereocenters. The molecule has 0 aromatic carbocycles. The summed E-state index contributed by atoms with van der Waals surface area (Å²) in [5.41, 5.74) is 0. The fourth-order valence-corrected chi connectivity index (χ4v) is 5.14. The Kier molecular flexibility index (Phi) is 27.5. The Morgan fingerprint density at radius 1 is 0.705 bits per heavy atom. The van der Waals surface area contributed by atoms with E-state index in [4.69, 9.17) is 9.26 Å². The molecular weight excluding hydrogens is 589 g/mol. The lowest BCUT2D eigenvalue weighted by Crippen LogP contribution is -2.43. The molecule has 0 aliphatic heterocycles. The molecule has 0 bridgehead atoms. The van der Waals surface area contributed by atoms with Gasteiger partial charge in [0.1, 0.15) is 12.7 Å². The molecule has 1 amide bonds. The third-order valence-electron chi connectivity index (χ3n) is 7.05. The van der Waals surface area contributed by atoms with E-state index in [1.165, 1.54) is 38.5 Å². The van der Waals surface area contributed by atoms with Gasteiger partial charge >= 0.3 is 19.8 Å². The zero-order valence-electron chi connectivity index (χ0n) is 27.2. The third kappa shape index (κ3) is 27.7. The van der Waals surface area contributed by atoms with Crippen LogP contribution in [0.1, 0.15) is 142 Å². The predicted octanol–water partition coefficient (Wildman–Crippen LogP) is 6.99. The molecule has 0 aromatic rings. The molecule has 0 aromatic heterocycles. The van der Waals surface area contributed by atoms with Gasteiger partial charge in [0.2, 0.25) is 5.91 Å². The molecule has 12 heteroatoms. The van der Waals surface area contributed by atoms with Crippen LogP contribution in [0.25, 0.3) is 0 Å². The van der Waals surface area contributed by atoms with Gasteiger partial charge in [0.15, 0.2) is 6.04 Å². The molecule has 11 nitrogen and oxygen atoms in total. The quantitative estimate of drug-likeness (QED) is 0.0266. The lowest BCUT2D eigenvalue weighted by atomic mass is 10.1. The van der Waals surface area contributed by atoms with Gasteiger partial charge in [-0.3, -0.25) is 18.6 Å². The molecule has 3 unspecified atom stereocenters. The minimum Gasteiger partial charge on any atom is -0.480 e. The first-order valence-electron chi connectivity index (χ1n) is 16.7. The van der Waals surface area contributed by atoms with Crippen LogP contribution in [0.4, 0.5) is 0 Å². The summed E-state index contributed by atoms with van der Waals surface area (Å²) in [6, 6.07) is -1.54. The molecule has 0 spiro atoms. The van der Waals surface area contributed by atoms with Crippen LogP contribution in [0, 0.1) is 0 Å². The number of amides is 1. The Hall–Kier alpha value is -1.78. The standard InChI is InChI=1S/C32H60NO10P/c1-3-5-7-9-10-11-12-13-14-15-16-17-18-20-22-24-31(36)41-25-28(34)26-42-44(39,40)43-27-29(32(37)38)33-30(35)23-21-19-8-6-4-2/h13-14,28-29,34H,3-12,15-27H2,1-2H3,(H,33,35)(H,37,38)(H,39,40)/b14-13-. The van der Waals surface area contributed by atoms with E-state index >= 15 is 0 Å². The number of hydrogen-bond acceptors (Lipinski definition) is 8. The second kappa shape index (κ2) is 28.7. The van der Waals surface area contributed by atoms with E-state index in [-0.39, 0.29) is 12.8 Å². The van der Waals surface area contributed by atoms with Crippen molar-refractivity contribution in [2.75, 3.05) is 19.8 Å². The first-order chi connectivity index (χ1) is 21.1. The van der Waals surface area contributed by atoms with E-state index in [9.17, 15) is 34.1 Å². The number of phosphoric acid groups is 1. The first-order valence-corrected chi connectivity index (χ1v) is 18.2. The van der Waals surface area contributed by atoms with Crippen molar-refractivity contribution in [2.45, 2.75) is 154 Å². The number of aliphatic hydroxyl groups is 1. The predicted molar refractivity (Wildman–Crippen MR) is 171 cm³/mol. The summed E-state index contributed by atoms with van der Waals surface area (Å²) in [5.74, 6) is -2.40. The van der Waals surface area contributed by atoms with Gasteiger partial charge in [-0.2, -0.15) is 0 Å². The summed E-state index contributed by atoms with van der Waals surface area (Å²) < 4.78 is 26.5. The molecule has 0 aliphatic carbocycles. The molecule has 258 valence electrons. The van der Waals surface area contributed by atoms with E-state index in [2.05, 4.69) is 35.8 Å². The van der Waals surface area contributed by atoms with E-state index in [1.54, 1.807) is 0 Å². The van der Waals surface area contributed by atoms with Crippen molar-refractivity contribution >= 4 is 25.7 Å². The Balaban J connectivity index is 3.93. The van der Waals surface area contributed by atoms with Gasteiger partial charge in [0.25, 0.3) is 0 Å². The molecule has 44 heavy (non-hydrogen) atoms. The topological polar surface area (TPSA) is 169 Å². The number of aliphatic carboxylic acids is 1. The molecule has 0 rings (SSSR count). The third-order valence-corrected chi connectivity index (χ3v) is 8.01. The highest BCUT2D eigenvalue weighted by molar-refractivity contribution is 7.47. The van der Waals surface area contributed by atoms with Crippen molar-refractivity contribution in [2.24, 2.45) is 0 Å². The van der Waals surface area contributed by atoms with Crippen molar-refractivity contribution in [3.8, 4) is 0 Å². The highest BCUT2D eigenvalue weighted by Gasteiger charge is 2.28. The average molecular weight is 650 g/mol. The minimum atomic E-state index is -4.73. The number of rotatable bonds is 31. The van der Waals surface area contributed by atoms with Crippen LogP contribution in [0.2, 0.25) is 0 Å². The van der Waals surface area contributed by atoms with Crippen LogP contribution in [0.15, 0.2) is 12.2 Å². The summed E-state index contributed by atoms with van der Waals surface area (Å²) in [5, 5.41) is 21.5. The number of carboxylic acids is 1. The van der Waals surface area contributed by atoms with Crippen LogP contribution >= 0.6 is 7.82 Å². The number of allylic oxidation sites excluding steroid dienone is 2. The van der Waals surface area contributed by atoms with Crippen LogP contribution < -0.4 is 5.32 Å². The number of unbranched alkanes of at least 4 members (excludes halogenated alkanes) is 15. The van der Waals surface area contributed by atoms with E-state index in [0.717, 1.165) is 64.2 Å². The molecule has 4 N–H and O–H groups in total. The monoisotopic (exact) mass is 649 g/mol. The van der Waals surface area contributed by atoms with Gasteiger partial charge in [-0.1, -0.05) is 103 Å². The Bertz CT molecular complexity index is 823. The van der Waals surface area contributed by atoms with Crippen LogP contribution in [0.5, 0.6) is 0 Å². The highest BCUT2D eigenvalue weighted by Crippen LogP contribution is 2.43. The number of carbonyl (C=O) groups is 3. The van der Waals surface area contributed by atoms with Crippen LogP contribution in [-0.4, -0.2) is 64.9 Å². The molecule has 0 aliphatic rings. The van der Waals surface area contributed by atoms with Crippen molar-refractivity contribution in [1.29, 1.82) is 0 Å². The van der Waals surface area contributed by atoms with Gasteiger partial charge in [-0.25, -0.2) is 9.36 Å². The molecule has 0 saturated heterocycles. The van der Waals surface area contributed by atoms with Crippen LogP contribution in [0.3, 0.4) is 0 Å². The second-order valence-electron chi connectivity index (χ2n) is 11.4. The van der Waals surface area contributed by atoms with E-state index in [1.807, 2.05) is 0 Å². The maximum Gasteiger partial charge on any atom is 0.472 e. The Labute approximate surface area is 265 Å². The number of phosphoric ester groups is 1. The van der Waals surface area contributed by atoms with Crippen molar-refractivity contribution in [3.05, 3.63) is 12.2 Å². The van der Waals surface area contributed by atoms with E-state index in [0.29, 0.717) is 12.8 Å². The number of hydrogen-bond donors (Lipinski definition) is 4. The summed E-state index contributed by atoms with van der Waals surface area (Å²) in [6.07, 6.45) is 23.1. The number of aliphatic hydroxyl groups excluding tert-OH is 1. The fraction of sp³-hybridized carbons (Fsp3) is 0.844. The van der Waals surface area contributed by atoms with Gasteiger partial charge in [-0.05, 0) is 38.5 Å². The van der Waals surface area contributed by atoms with Gasteiger partial charge in [0, 0.05) is 12.8 Å². The fourth-order valence-electron chi connectivity index (χ4n) is 4.37. The summed E-state index contributed by atoms with van der Waals surface area (Å²) in [7, 11) is -4.73. The summed E-state index contributed by atoms with van der Waals surface area (Å²) in [6.45, 7) is 2.42. The second-order valence-corrected chi connectivity index (χ2v) is 12.8. The number of carbonyl (C=O) groups excluding carboxylic acids is 2. The first kappa shape index (κ1) is 42.2. The van der Waals surface area contributed by atoms with Gasteiger partial charge < -0.3 is 25.2 Å². The lowest BCUT2D eigenvalue weighted by Gasteiger charge is -2.18. The van der Waals surface area contributed by atoms with Crippen LogP contribution in [-0.2, 0) is 32.7 Å². The zero-order valence-corrected chi connectivity index (χ0v) is 28.1. The SMILES string of the molecule is CCCCCCCC/C=C\CCCCCCCC(=O)OCC(O)COP(=O)(O)OCC(NC(=O)CCCCCCC)C(=O)O. The van der Waals surface area contributed by atoms with E-state index < -0.39 is 57.6 Å². The average Bonchev–Trinajstić information content (AvgIpc) is 2.98. The molecule has 0 radical (unpaired) electrons. The Morgan fingerprint density at radius 2 is 1.18 bits per heavy atom. The number of carboxylic acid groups (broad SMARTS) is 1. The molecular formula is C32H60NO10P. The zero-order chi connectivity index (χ0) is 32.9. The summed E-state index contributed by atoms with van der Waals surface area (Å²) in [4.78, 5) is 45.1. The molecule has 0 fully saturated rings.